The lowest BCUT2D eigenvalue weighted by Crippen LogP contribution is -2.16. The largest absolute Gasteiger partial charge is 0.481 e. The van der Waals surface area contributed by atoms with Gasteiger partial charge >= 0.3 is 5.97 Å². The number of carbonyl (C=O) groups is 1. The normalized spacial score (nSPS) is 12.3. The maximum absolute atomic E-state index is 13.5. The van der Waals surface area contributed by atoms with E-state index in [1.54, 1.807) is 6.07 Å². The predicted molar refractivity (Wildman–Crippen MR) is 76.9 cm³/mol. The Bertz CT molecular complexity index is 627. The first-order valence-electron chi connectivity index (χ1n) is 6.44. The summed E-state index contributed by atoms with van der Waals surface area (Å²) in [6.07, 6.45) is 0.737. The molecule has 0 aliphatic rings. The minimum atomic E-state index is -0.857. The number of hydrogen-bond acceptors (Lipinski definition) is 4. The van der Waals surface area contributed by atoms with Crippen LogP contribution in [0.2, 0.25) is 0 Å². The van der Waals surface area contributed by atoms with Crippen molar-refractivity contribution in [3.8, 4) is 11.4 Å². The summed E-state index contributed by atoms with van der Waals surface area (Å²) < 4.78 is 15.6. The van der Waals surface area contributed by atoms with Crippen molar-refractivity contribution in [3.63, 3.8) is 0 Å². The van der Waals surface area contributed by atoms with E-state index in [1.807, 2.05) is 6.92 Å². The second-order valence-electron chi connectivity index (χ2n) is 4.71. The zero-order valence-electron chi connectivity index (χ0n) is 11.3. The van der Waals surface area contributed by atoms with Crippen molar-refractivity contribution in [2.24, 2.45) is 5.92 Å². The molecule has 112 valence electrons. The highest BCUT2D eigenvalue weighted by Gasteiger charge is 2.17. The summed E-state index contributed by atoms with van der Waals surface area (Å²) in [7, 11) is 0. The highest BCUT2D eigenvalue weighted by Crippen LogP contribution is 2.23. The maximum atomic E-state index is 13.5. The number of hydrogen-bond donors (Lipinski definition) is 1. The van der Waals surface area contributed by atoms with Gasteiger partial charge < -0.3 is 5.11 Å². The van der Waals surface area contributed by atoms with E-state index in [9.17, 15) is 9.18 Å². The van der Waals surface area contributed by atoms with Crippen LogP contribution >= 0.6 is 15.9 Å². The minimum Gasteiger partial charge on any atom is -0.481 e. The molecule has 2 rings (SSSR count). The third kappa shape index (κ3) is 4.07. The standard InChI is InChI=1S/C13H14BrFN4O2/c1-2-8(3-12(20)21)7-19-13(16-17-18-19)9-4-10(14)6-11(15)5-9/h4-6,8H,2-3,7H2,1H3,(H,20,21). The lowest BCUT2D eigenvalue weighted by molar-refractivity contribution is -0.138. The van der Waals surface area contributed by atoms with Crippen LogP contribution in [0.1, 0.15) is 19.8 Å². The molecule has 1 aromatic carbocycles. The number of tetrazole rings is 1. The molecule has 0 amide bonds. The second-order valence-corrected chi connectivity index (χ2v) is 5.63. The first-order valence-corrected chi connectivity index (χ1v) is 7.23. The minimum absolute atomic E-state index is 0.0443. The number of nitrogens with zero attached hydrogens (tertiary/aromatic N) is 4. The quantitative estimate of drug-likeness (QED) is 0.860. The second kappa shape index (κ2) is 6.75. The lowest BCUT2D eigenvalue weighted by atomic mass is 10.0. The monoisotopic (exact) mass is 356 g/mol. The Morgan fingerprint density at radius 2 is 2.24 bits per heavy atom. The molecule has 1 N–H and O–H groups in total. The highest BCUT2D eigenvalue weighted by atomic mass is 79.9. The van der Waals surface area contributed by atoms with Gasteiger partial charge in [0.2, 0.25) is 0 Å². The van der Waals surface area contributed by atoms with E-state index in [-0.39, 0.29) is 12.3 Å². The number of aliphatic carboxylic acids is 1. The average Bonchev–Trinajstić information content (AvgIpc) is 2.84. The third-order valence-corrected chi connectivity index (χ3v) is 3.58. The van der Waals surface area contributed by atoms with Crippen LogP contribution in [0.15, 0.2) is 22.7 Å². The average molecular weight is 357 g/mol. The Kier molecular flexibility index (Phi) is 5.00. The molecule has 0 spiro atoms. The van der Waals surface area contributed by atoms with Crippen molar-refractivity contribution in [2.75, 3.05) is 0 Å². The summed E-state index contributed by atoms with van der Waals surface area (Å²) in [4.78, 5) is 10.8. The molecule has 0 aliphatic heterocycles. The highest BCUT2D eigenvalue weighted by molar-refractivity contribution is 9.10. The Morgan fingerprint density at radius 3 is 2.86 bits per heavy atom. The van der Waals surface area contributed by atoms with Gasteiger partial charge in [0.05, 0.1) is 0 Å². The van der Waals surface area contributed by atoms with E-state index >= 15 is 0 Å². The van der Waals surface area contributed by atoms with Crippen molar-refractivity contribution in [3.05, 3.63) is 28.5 Å². The predicted octanol–water partition coefficient (Wildman–Crippen LogP) is 2.74. The number of carboxylic acid groups (broad SMARTS) is 1. The smallest absolute Gasteiger partial charge is 0.303 e. The van der Waals surface area contributed by atoms with Gasteiger partial charge in [0.1, 0.15) is 5.82 Å². The molecule has 0 saturated heterocycles. The molecule has 0 radical (unpaired) electrons. The first kappa shape index (κ1) is 15.6. The molecule has 0 aliphatic carbocycles. The summed E-state index contributed by atoms with van der Waals surface area (Å²) in [6.45, 7) is 2.29. The van der Waals surface area contributed by atoms with Crippen LogP contribution in [0.25, 0.3) is 11.4 Å². The van der Waals surface area contributed by atoms with Gasteiger partial charge in [-0.2, -0.15) is 0 Å². The number of halogens is 2. The van der Waals surface area contributed by atoms with E-state index in [0.717, 1.165) is 0 Å². The topological polar surface area (TPSA) is 80.9 Å². The molecule has 0 bridgehead atoms. The van der Waals surface area contributed by atoms with E-state index in [4.69, 9.17) is 5.11 Å². The molecule has 8 heteroatoms. The Hall–Kier alpha value is -1.83. The van der Waals surface area contributed by atoms with Gasteiger partial charge in [0.15, 0.2) is 5.82 Å². The molecule has 2 aromatic rings. The summed E-state index contributed by atoms with van der Waals surface area (Å²) >= 11 is 3.22. The summed E-state index contributed by atoms with van der Waals surface area (Å²) in [6, 6.07) is 4.39. The summed E-state index contributed by atoms with van der Waals surface area (Å²) in [5.41, 5.74) is 0.539. The lowest BCUT2D eigenvalue weighted by Gasteiger charge is -2.13. The van der Waals surface area contributed by atoms with Gasteiger partial charge in [0, 0.05) is 23.0 Å². The Labute approximate surface area is 129 Å². The molecule has 6 nitrogen and oxygen atoms in total. The van der Waals surface area contributed by atoms with Crippen LogP contribution in [0.5, 0.6) is 0 Å². The van der Waals surface area contributed by atoms with Gasteiger partial charge in [-0.05, 0) is 34.5 Å². The summed E-state index contributed by atoms with van der Waals surface area (Å²) in [5, 5.41) is 20.3. The number of aromatic nitrogens is 4. The van der Waals surface area contributed by atoms with Crippen LogP contribution in [0.4, 0.5) is 4.39 Å². The van der Waals surface area contributed by atoms with Crippen molar-refractivity contribution in [1.82, 2.24) is 20.2 Å². The number of benzene rings is 1. The summed E-state index contributed by atoms with van der Waals surface area (Å²) in [5.74, 6) is -0.919. The molecule has 0 saturated carbocycles. The zero-order valence-corrected chi connectivity index (χ0v) is 12.9. The van der Waals surface area contributed by atoms with Gasteiger partial charge in [-0.25, -0.2) is 9.07 Å². The van der Waals surface area contributed by atoms with Gasteiger partial charge in [-0.1, -0.05) is 29.3 Å². The molecule has 1 atom stereocenters. The first-order chi connectivity index (χ1) is 9.99. The number of rotatable bonds is 6. The molecule has 0 fully saturated rings. The molecular weight excluding hydrogens is 343 g/mol. The molecule has 21 heavy (non-hydrogen) atoms. The van der Waals surface area contributed by atoms with E-state index in [2.05, 4.69) is 31.5 Å². The zero-order chi connectivity index (χ0) is 15.4. The number of carboxylic acids is 1. The van der Waals surface area contributed by atoms with E-state index < -0.39 is 11.8 Å². The van der Waals surface area contributed by atoms with Gasteiger partial charge in [-0.15, -0.1) is 5.10 Å². The molecule has 1 unspecified atom stereocenters. The molecule has 1 aromatic heterocycles. The van der Waals surface area contributed by atoms with Crippen molar-refractivity contribution >= 4 is 21.9 Å². The van der Waals surface area contributed by atoms with Crippen molar-refractivity contribution in [2.45, 2.75) is 26.3 Å². The van der Waals surface area contributed by atoms with Crippen molar-refractivity contribution in [1.29, 1.82) is 0 Å². The Morgan fingerprint density at radius 1 is 1.48 bits per heavy atom. The third-order valence-electron chi connectivity index (χ3n) is 3.12. The van der Waals surface area contributed by atoms with Crippen LogP contribution < -0.4 is 0 Å². The van der Waals surface area contributed by atoms with Crippen LogP contribution in [-0.2, 0) is 11.3 Å². The molecular formula is C13H14BrFN4O2. The van der Waals surface area contributed by atoms with Gasteiger partial charge in [-0.3, -0.25) is 4.79 Å². The van der Waals surface area contributed by atoms with Crippen LogP contribution in [0, 0.1) is 11.7 Å². The van der Waals surface area contributed by atoms with Crippen LogP contribution in [-0.4, -0.2) is 31.3 Å². The van der Waals surface area contributed by atoms with E-state index in [0.29, 0.717) is 28.8 Å². The van der Waals surface area contributed by atoms with Gasteiger partial charge in [0.25, 0.3) is 0 Å². The fraction of sp³-hybridized carbons (Fsp3) is 0.385. The fourth-order valence-corrected chi connectivity index (χ4v) is 2.51. The molecule has 1 heterocycles. The maximum Gasteiger partial charge on any atom is 0.303 e. The fourth-order valence-electron chi connectivity index (χ4n) is 2.05. The SMILES string of the molecule is CCC(CC(=O)O)Cn1nnnc1-c1cc(F)cc(Br)c1. The Balaban J connectivity index is 2.27. The van der Waals surface area contributed by atoms with Crippen LogP contribution in [0.3, 0.4) is 0 Å². The van der Waals surface area contributed by atoms with E-state index in [1.165, 1.54) is 16.8 Å². The van der Waals surface area contributed by atoms with Crippen molar-refractivity contribution < 1.29 is 14.3 Å².